The predicted molar refractivity (Wildman–Crippen MR) is 123 cm³/mol. The van der Waals surface area contributed by atoms with E-state index in [1.165, 1.54) is 12.8 Å². The van der Waals surface area contributed by atoms with Crippen molar-refractivity contribution in [3.05, 3.63) is 29.7 Å². The number of fused-ring (bicyclic) bond motifs is 1. The number of halogens is 1. The van der Waals surface area contributed by atoms with Crippen molar-refractivity contribution in [3.63, 3.8) is 0 Å². The second-order valence-corrected chi connectivity index (χ2v) is 10.3. The molecule has 3 aliphatic heterocycles. The Balaban J connectivity index is 1.11. The number of hydrogen-bond acceptors (Lipinski definition) is 8. The Morgan fingerprint density at radius 1 is 1.21 bits per heavy atom. The Kier molecular flexibility index (Phi) is 5.49. The minimum Gasteiger partial charge on any atom is -0.489 e. The molecule has 4 heterocycles. The van der Waals surface area contributed by atoms with Crippen LogP contribution in [0.15, 0.2) is 29.1 Å². The maximum absolute atomic E-state index is 14.7. The molecule has 3 atom stereocenters. The van der Waals surface area contributed by atoms with Crippen molar-refractivity contribution in [3.8, 4) is 0 Å². The standard InChI is InChI=1S/C24H33FN6O2/c1-24(4-5-24)33-21-11-17-19(12-18(21)25)28-29-23(17)20-13-22(27-15-26-20)31-8-6-30(7-9-31)14-16-3-2-10-32-16/h13,15-17,19,28H,2-12,14H2,1H3/t16?,17-,19+/m0/s1. The lowest BCUT2D eigenvalue weighted by molar-refractivity contribution is 0.0712. The van der Waals surface area contributed by atoms with Crippen LogP contribution in [0.2, 0.25) is 0 Å². The zero-order chi connectivity index (χ0) is 22.4. The Bertz CT molecular complexity index is 950. The minimum atomic E-state index is -0.184. The van der Waals surface area contributed by atoms with E-state index in [1.54, 1.807) is 6.33 Å². The van der Waals surface area contributed by atoms with Crippen molar-refractivity contribution >= 4 is 11.5 Å². The second-order valence-electron chi connectivity index (χ2n) is 10.3. The molecule has 0 spiro atoms. The lowest BCUT2D eigenvalue weighted by Crippen LogP contribution is -2.48. The van der Waals surface area contributed by atoms with E-state index in [4.69, 9.17) is 9.47 Å². The topological polar surface area (TPSA) is 75.1 Å². The van der Waals surface area contributed by atoms with Crippen LogP contribution >= 0.6 is 0 Å². The van der Waals surface area contributed by atoms with Crippen LogP contribution in [0.1, 0.15) is 51.1 Å². The van der Waals surface area contributed by atoms with E-state index in [1.807, 2.05) is 6.07 Å². The van der Waals surface area contributed by atoms with Gasteiger partial charge in [0.2, 0.25) is 0 Å². The molecule has 8 nitrogen and oxygen atoms in total. The van der Waals surface area contributed by atoms with Gasteiger partial charge >= 0.3 is 0 Å². The summed E-state index contributed by atoms with van der Waals surface area (Å²) in [5.74, 6) is 1.36. The molecule has 1 aromatic rings. The maximum atomic E-state index is 14.7. The third-order valence-corrected chi connectivity index (χ3v) is 7.72. The Morgan fingerprint density at radius 3 is 2.82 bits per heavy atom. The molecule has 33 heavy (non-hydrogen) atoms. The van der Waals surface area contributed by atoms with Crippen LogP contribution in [0.3, 0.4) is 0 Å². The van der Waals surface area contributed by atoms with Crippen molar-refractivity contribution in [2.45, 2.75) is 63.2 Å². The number of anilines is 1. The monoisotopic (exact) mass is 456 g/mol. The summed E-state index contributed by atoms with van der Waals surface area (Å²) in [7, 11) is 0. The van der Waals surface area contributed by atoms with Gasteiger partial charge in [-0.25, -0.2) is 14.4 Å². The van der Waals surface area contributed by atoms with Gasteiger partial charge in [0, 0.05) is 64.2 Å². The van der Waals surface area contributed by atoms with Gasteiger partial charge in [-0.3, -0.25) is 4.90 Å². The number of ether oxygens (including phenoxy) is 2. The molecule has 0 amide bonds. The van der Waals surface area contributed by atoms with E-state index in [-0.39, 0.29) is 23.4 Å². The highest BCUT2D eigenvalue weighted by atomic mass is 19.1. The van der Waals surface area contributed by atoms with Gasteiger partial charge in [-0.2, -0.15) is 5.10 Å². The van der Waals surface area contributed by atoms with Crippen molar-refractivity contribution < 1.29 is 13.9 Å². The average Bonchev–Trinajstić information content (AvgIpc) is 3.18. The van der Waals surface area contributed by atoms with Gasteiger partial charge in [0.15, 0.2) is 0 Å². The molecule has 1 unspecified atom stereocenters. The number of hydrogen-bond donors (Lipinski definition) is 1. The highest BCUT2D eigenvalue weighted by Gasteiger charge is 2.45. The summed E-state index contributed by atoms with van der Waals surface area (Å²) < 4.78 is 26.5. The zero-order valence-corrected chi connectivity index (χ0v) is 19.3. The SMILES string of the molecule is CC1(OC2=C(F)C[C@H]3NN=C(c4cc(N5CCN(CC6CCCO6)CC5)ncn4)[C@H]3C2)CC1. The first kappa shape index (κ1) is 21.3. The summed E-state index contributed by atoms with van der Waals surface area (Å²) in [4.78, 5) is 13.9. The summed E-state index contributed by atoms with van der Waals surface area (Å²) in [5.41, 5.74) is 4.66. The Labute approximate surface area is 194 Å². The molecule has 178 valence electrons. The molecule has 1 saturated carbocycles. The van der Waals surface area contributed by atoms with Crippen molar-refractivity contribution in [2.24, 2.45) is 11.0 Å². The molecule has 9 heteroatoms. The fourth-order valence-electron chi connectivity index (χ4n) is 5.38. The fourth-order valence-corrected chi connectivity index (χ4v) is 5.38. The van der Waals surface area contributed by atoms with Crippen LogP contribution in [0.25, 0.3) is 0 Å². The van der Waals surface area contributed by atoms with E-state index < -0.39 is 0 Å². The minimum absolute atomic E-state index is 0.0425. The van der Waals surface area contributed by atoms with E-state index in [0.29, 0.717) is 24.7 Å². The van der Waals surface area contributed by atoms with Crippen molar-refractivity contribution in [1.29, 1.82) is 0 Å². The normalized spacial score (nSPS) is 31.3. The highest BCUT2D eigenvalue weighted by molar-refractivity contribution is 6.02. The molecule has 0 bridgehead atoms. The van der Waals surface area contributed by atoms with E-state index in [2.05, 4.69) is 37.2 Å². The molecule has 2 saturated heterocycles. The molecule has 0 radical (unpaired) electrons. The van der Waals surface area contributed by atoms with Gasteiger partial charge in [-0.1, -0.05) is 0 Å². The molecular weight excluding hydrogens is 423 g/mol. The Morgan fingerprint density at radius 2 is 2.06 bits per heavy atom. The largest absolute Gasteiger partial charge is 0.489 e. The van der Waals surface area contributed by atoms with Gasteiger partial charge in [-0.15, -0.1) is 0 Å². The number of rotatable bonds is 6. The zero-order valence-electron chi connectivity index (χ0n) is 19.3. The molecule has 5 aliphatic rings. The molecule has 1 aromatic heterocycles. The van der Waals surface area contributed by atoms with E-state index >= 15 is 0 Å². The van der Waals surface area contributed by atoms with Crippen molar-refractivity contribution in [1.82, 2.24) is 20.3 Å². The molecule has 0 aromatic carbocycles. The summed E-state index contributed by atoms with van der Waals surface area (Å²) in [6.07, 6.45) is 7.21. The van der Waals surface area contributed by atoms with Gasteiger partial charge in [0.1, 0.15) is 29.3 Å². The highest BCUT2D eigenvalue weighted by Crippen LogP contribution is 2.45. The van der Waals surface area contributed by atoms with Crippen LogP contribution in [-0.2, 0) is 9.47 Å². The van der Waals surface area contributed by atoms with Gasteiger partial charge in [0.25, 0.3) is 0 Å². The third-order valence-electron chi connectivity index (χ3n) is 7.72. The third kappa shape index (κ3) is 4.45. The smallest absolute Gasteiger partial charge is 0.140 e. The molecule has 6 rings (SSSR count). The number of allylic oxidation sites excluding steroid dienone is 1. The molecule has 3 fully saturated rings. The molecule has 1 N–H and O–H groups in total. The Hall–Kier alpha value is -2.26. The predicted octanol–water partition coefficient (Wildman–Crippen LogP) is 2.61. The number of aromatic nitrogens is 2. The van der Waals surface area contributed by atoms with Crippen LogP contribution < -0.4 is 10.3 Å². The summed E-state index contributed by atoms with van der Waals surface area (Å²) >= 11 is 0. The first-order valence-electron chi connectivity index (χ1n) is 12.4. The summed E-state index contributed by atoms with van der Waals surface area (Å²) in [5, 5.41) is 4.57. The first-order valence-corrected chi connectivity index (χ1v) is 12.4. The molecular formula is C24H33FN6O2. The molecule has 2 aliphatic carbocycles. The van der Waals surface area contributed by atoms with Gasteiger partial charge in [0.05, 0.1) is 23.6 Å². The average molecular weight is 457 g/mol. The summed E-state index contributed by atoms with van der Waals surface area (Å²) in [6.45, 7) is 7.88. The van der Waals surface area contributed by atoms with Crippen LogP contribution in [0.5, 0.6) is 0 Å². The van der Waals surface area contributed by atoms with E-state index in [9.17, 15) is 4.39 Å². The van der Waals surface area contributed by atoms with Crippen LogP contribution in [0.4, 0.5) is 10.2 Å². The van der Waals surface area contributed by atoms with Crippen molar-refractivity contribution in [2.75, 3.05) is 44.2 Å². The number of nitrogens with one attached hydrogen (secondary N) is 1. The first-order chi connectivity index (χ1) is 16.1. The lowest BCUT2D eigenvalue weighted by Gasteiger charge is -2.36. The summed E-state index contributed by atoms with van der Waals surface area (Å²) in [6, 6.07) is 2.00. The van der Waals surface area contributed by atoms with Crippen LogP contribution in [-0.4, -0.2) is 77.7 Å². The van der Waals surface area contributed by atoms with Crippen LogP contribution in [0, 0.1) is 5.92 Å². The fraction of sp³-hybridized carbons (Fsp3) is 0.708. The quantitative estimate of drug-likeness (QED) is 0.705. The van der Waals surface area contributed by atoms with Gasteiger partial charge < -0.3 is 19.8 Å². The van der Waals surface area contributed by atoms with E-state index in [0.717, 1.165) is 69.4 Å². The second kappa shape index (κ2) is 8.51. The maximum Gasteiger partial charge on any atom is 0.140 e. The number of hydrazone groups is 1. The number of piperazine rings is 1. The van der Waals surface area contributed by atoms with Gasteiger partial charge in [-0.05, 0) is 32.6 Å². The number of nitrogens with zero attached hydrogens (tertiary/aromatic N) is 5. The lowest BCUT2D eigenvalue weighted by atomic mass is 9.84.